The molecule has 0 radical (unpaired) electrons. The number of halogens is 1. The van der Waals surface area contributed by atoms with Crippen molar-refractivity contribution in [3.05, 3.63) is 89.7 Å². The van der Waals surface area contributed by atoms with Crippen molar-refractivity contribution in [2.45, 2.75) is 6.54 Å². The van der Waals surface area contributed by atoms with Crippen LogP contribution < -0.4 is 25.5 Å². The van der Waals surface area contributed by atoms with Crippen molar-refractivity contribution >= 4 is 29.6 Å². The van der Waals surface area contributed by atoms with Crippen molar-refractivity contribution in [2.75, 3.05) is 19.0 Å². The molecule has 0 saturated heterocycles. The minimum Gasteiger partial charge on any atom is -0.497 e. The number of hydrogen-bond acceptors (Lipinski definition) is 6. The lowest BCUT2D eigenvalue weighted by Gasteiger charge is -2.08. The number of amides is 3. The summed E-state index contributed by atoms with van der Waals surface area (Å²) in [7, 11) is 1.56. The molecule has 0 aliphatic heterocycles. The lowest BCUT2D eigenvalue weighted by atomic mass is 10.2. The van der Waals surface area contributed by atoms with E-state index in [1.54, 1.807) is 55.6 Å². The summed E-state index contributed by atoms with van der Waals surface area (Å²) in [5, 5.41) is 8.86. The average molecular weight is 478 g/mol. The molecule has 35 heavy (non-hydrogen) atoms. The number of ether oxygens (including phenoxy) is 2. The number of rotatable bonds is 9. The summed E-state index contributed by atoms with van der Waals surface area (Å²) < 4.78 is 23.4. The van der Waals surface area contributed by atoms with Gasteiger partial charge in [0.15, 0.2) is 6.61 Å². The van der Waals surface area contributed by atoms with Crippen LogP contribution in [0.1, 0.15) is 11.1 Å². The first-order valence-corrected chi connectivity index (χ1v) is 10.5. The molecule has 0 aromatic heterocycles. The molecule has 0 heterocycles. The lowest BCUT2D eigenvalue weighted by molar-refractivity contribution is -0.139. The molecule has 0 fully saturated rings. The highest BCUT2D eigenvalue weighted by Gasteiger charge is 2.12. The van der Waals surface area contributed by atoms with Gasteiger partial charge >= 0.3 is 11.8 Å². The number of methoxy groups -OCH3 is 1. The lowest BCUT2D eigenvalue weighted by Crippen LogP contribution is -2.37. The number of anilines is 1. The molecule has 10 heteroatoms. The van der Waals surface area contributed by atoms with Crippen LogP contribution in [0.25, 0.3) is 0 Å². The van der Waals surface area contributed by atoms with Crippen molar-refractivity contribution in [1.29, 1.82) is 0 Å². The Morgan fingerprint density at radius 1 is 0.943 bits per heavy atom. The van der Waals surface area contributed by atoms with Gasteiger partial charge in [0.1, 0.15) is 17.3 Å². The van der Waals surface area contributed by atoms with Gasteiger partial charge in [-0.05, 0) is 59.7 Å². The predicted octanol–water partition coefficient (Wildman–Crippen LogP) is 2.62. The summed E-state index contributed by atoms with van der Waals surface area (Å²) in [5.41, 5.74) is 3.98. The van der Waals surface area contributed by atoms with Crippen LogP contribution in [0.15, 0.2) is 77.9 Å². The Labute approximate surface area is 200 Å². The second-order valence-electron chi connectivity index (χ2n) is 7.15. The van der Waals surface area contributed by atoms with Crippen LogP contribution in [0.5, 0.6) is 11.5 Å². The maximum atomic E-state index is 12.9. The molecular weight excluding hydrogens is 455 g/mol. The Kier molecular flexibility index (Phi) is 8.89. The highest BCUT2D eigenvalue weighted by Crippen LogP contribution is 2.13. The monoisotopic (exact) mass is 478 g/mol. The van der Waals surface area contributed by atoms with E-state index in [1.165, 1.54) is 30.5 Å². The van der Waals surface area contributed by atoms with Gasteiger partial charge in [0.05, 0.1) is 13.3 Å². The first-order valence-electron chi connectivity index (χ1n) is 10.5. The number of carbonyl (C=O) groups is 3. The van der Waals surface area contributed by atoms with E-state index in [0.29, 0.717) is 22.7 Å². The molecule has 0 bridgehead atoms. The minimum atomic E-state index is -0.917. The summed E-state index contributed by atoms with van der Waals surface area (Å²) in [5.74, 6) is -1.48. The van der Waals surface area contributed by atoms with E-state index in [9.17, 15) is 18.8 Å². The van der Waals surface area contributed by atoms with Crippen molar-refractivity contribution in [1.82, 2.24) is 10.7 Å². The third kappa shape index (κ3) is 8.28. The topological polar surface area (TPSA) is 118 Å². The van der Waals surface area contributed by atoms with E-state index in [2.05, 4.69) is 21.2 Å². The van der Waals surface area contributed by atoms with Crippen LogP contribution in [-0.2, 0) is 20.9 Å². The zero-order chi connectivity index (χ0) is 25.0. The van der Waals surface area contributed by atoms with Crippen LogP contribution in [0, 0.1) is 5.82 Å². The van der Waals surface area contributed by atoms with E-state index in [-0.39, 0.29) is 13.2 Å². The van der Waals surface area contributed by atoms with E-state index >= 15 is 0 Å². The van der Waals surface area contributed by atoms with Crippen molar-refractivity contribution in [2.24, 2.45) is 5.10 Å². The van der Waals surface area contributed by atoms with Gasteiger partial charge in [-0.2, -0.15) is 5.10 Å². The molecule has 3 aromatic carbocycles. The quantitative estimate of drug-likeness (QED) is 0.248. The number of nitrogens with one attached hydrogen (secondary N) is 3. The minimum absolute atomic E-state index is 0.175. The fourth-order valence-corrected chi connectivity index (χ4v) is 2.79. The van der Waals surface area contributed by atoms with Gasteiger partial charge in [0, 0.05) is 12.2 Å². The molecule has 3 aromatic rings. The standard InChI is InChI=1S/C25H23FN4O5/c1-34-21-11-5-17(6-12-21)14-27-24(32)25(33)30-28-15-18-3-2-4-22(13-18)35-16-23(31)29-20-9-7-19(26)8-10-20/h2-13,15H,14,16H2,1H3,(H,27,32)(H,29,31)(H,30,33)/b28-15-. The largest absolute Gasteiger partial charge is 0.497 e. The Balaban J connectivity index is 1.43. The fraction of sp³-hybridized carbons (Fsp3) is 0.120. The summed E-state index contributed by atoms with van der Waals surface area (Å²) in [4.78, 5) is 35.8. The fourth-order valence-electron chi connectivity index (χ4n) is 2.79. The molecule has 3 rings (SSSR count). The molecule has 0 atom stereocenters. The first kappa shape index (κ1) is 24.9. The van der Waals surface area contributed by atoms with Gasteiger partial charge in [0.25, 0.3) is 5.91 Å². The van der Waals surface area contributed by atoms with Crippen molar-refractivity contribution < 1.29 is 28.2 Å². The molecular formula is C25H23FN4O5. The van der Waals surface area contributed by atoms with Crippen LogP contribution in [0.2, 0.25) is 0 Å². The maximum absolute atomic E-state index is 12.9. The summed E-state index contributed by atoms with van der Waals surface area (Å²) in [6, 6.07) is 19.0. The SMILES string of the molecule is COc1ccc(CNC(=O)C(=O)N/N=C\c2cccc(OCC(=O)Nc3ccc(F)cc3)c2)cc1. The Morgan fingerprint density at radius 2 is 1.69 bits per heavy atom. The second kappa shape index (κ2) is 12.5. The molecule has 0 aliphatic carbocycles. The second-order valence-corrected chi connectivity index (χ2v) is 7.15. The van der Waals surface area contributed by atoms with Gasteiger partial charge in [-0.25, -0.2) is 9.82 Å². The van der Waals surface area contributed by atoms with Crippen LogP contribution in [0.4, 0.5) is 10.1 Å². The molecule has 180 valence electrons. The Hall–Kier alpha value is -4.73. The van der Waals surface area contributed by atoms with Crippen LogP contribution in [0.3, 0.4) is 0 Å². The zero-order valence-corrected chi connectivity index (χ0v) is 18.8. The Bertz CT molecular complexity index is 1200. The molecule has 0 aliphatic rings. The molecule has 0 spiro atoms. The van der Waals surface area contributed by atoms with Crippen LogP contribution >= 0.6 is 0 Å². The summed E-state index contributed by atoms with van der Waals surface area (Å²) in [6.07, 6.45) is 1.33. The van der Waals surface area contributed by atoms with E-state index in [4.69, 9.17) is 9.47 Å². The first-order chi connectivity index (χ1) is 16.9. The molecule has 3 amide bonds. The smallest absolute Gasteiger partial charge is 0.329 e. The predicted molar refractivity (Wildman–Crippen MR) is 128 cm³/mol. The maximum Gasteiger partial charge on any atom is 0.329 e. The normalized spacial score (nSPS) is 10.5. The van der Waals surface area contributed by atoms with Gasteiger partial charge in [-0.1, -0.05) is 24.3 Å². The van der Waals surface area contributed by atoms with E-state index in [0.717, 1.165) is 5.56 Å². The van der Waals surface area contributed by atoms with Crippen LogP contribution in [-0.4, -0.2) is 37.7 Å². The van der Waals surface area contributed by atoms with Crippen molar-refractivity contribution in [3.63, 3.8) is 0 Å². The van der Waals surface area contributed by atoms with Crippen molar-refractivity contribution in [3.8, 4) is 11.5 Å². The number of hydrazone groups is 1. The highest BCUT2D eigenvalue weighted by molar-refractivity contribution is 6.35. The summed E-state index contributed by atoms with van der Waals surface area (Å²) >= 11 is 0. The van der Waals surface area contributed by atoms with Gasteiger partial charge in [0.2, 0.25) is 0 Å². The molecule has 0 unspecified atom stereocenters. The third-order valence-corrected chi connectivity index (χ3v) is 4.55. The van der Waals surface area contributed by atoms with Gasteiger partial charge in [-0.15, -0.1) is 0 Å². The van der Waals surface area contributed by atoms with Gasteiger partial charge < -0.3 is 20.1 Å². The molecule has 9 nitrogen and oxygen atoms in total. The highest BCUT2D eigenvalue weighted by atomic mass is 19.1. The van der Waals surface area contributed by atoms with E-state index < -0.39 is 23.5 Å². The molecule has 0 saturated carbocycles. The summed E-state index contributed by atoms with van der Waals surface area (Å²) in [6.45, 7) is -0.0862. The van der Waals surface area contributed by atoms with E-state index in [1.807, 2.05) is 0 Å². The Morgan fingerprint density at radius 3 is 2.40 bits per heavy atom. The molecule has 3 N–H and O–H groups in total. The number of hydrogen-bond donors (Lipinski definition) is 3. The van der Waals surface area contributed by atoms with Gasteiger partial charge in [-0.3, -0.25) is 14.4 Å². The number of benzene rings is 3. The number of carbonyl (C=O) groups excluding carboxylic acids is 3. The number of nitrogens with zero attached hydrogens (tertiary/aromatic N) is 1. The zero-order valence-electron chi connectivity index (χ0n) is 18.8. The average Bonchev–Trinajstić information content (AvgIpc) is 2.88. The third-order valence-electron chi connectivity index (χ3n) is 4.55.